The molecule has 0 bridgehead atoms. The first-order chi connectivity index (χ1) is 14.7. The molecule has 0 radical (unpaired) electrons. The average molecular weight is 436 g/mol. The lowest BCUT2D eigenvalue weighted by Gasteiger charge is -2.39. The van der Waals surface area contributed by atoms with Crippen LogP contribution in [-0.2, 0) is 20.9 Å². The van der Waals surface area contributed by atoms with Gasteiger partial charge in [0.15, 0.2) is 5.78 Å². The van der Waals surface area contributed by atoms with Crippen LogP contribution in [0.4, 0.5) is 0 Å². The second kappa shape index (κ2) is 8.35. The number of benzene rings is 2. The summed E-state index contributed by atoms with van der Waals surface area (Å²) >= 11 is 6.28. The first kappa shape index (κ1) is 21.4. The number of carbonyl (C=O) groups is 2. The number of ether oxygens (including phenoxy) is 1. The van der Waals surface area contributed by atoms with Gasteiger partial charge in [-0.2, -0.15) is 0 Å². The minimum Gasteiger partial charge on any atom is -0.457 e. The van der Waals surface area contributed by atoms with Gasteiger partial charge in [-0.1, -0.05) is 67.9 Å². The van der Waals surface area contributed by atoms with Gasteiger partial charge in [0, 0.05) is 34.3 Å². The SMILES string of the molecule is CC1=C(C(=O)OCc2ccccc2)[C@H](c2cccc(Cl)c2)C2=C(CC(C)(C)CC2=O)N1. The predicted molar refractivity (Wildman–Crippen MR) is 121 cm³/mol. The number of hydrogen-bond acceptors (Lipinski definition) is 4. The summed E-state index contributed by atoms with van der Waals surface area (Å²) in [6.07, 6.45) is 1.19. The number of nitrogens with one attached hydrogen (secondary N) is 1. The first-order valence-electron chi connectivity index (χ1n) is 10.5. The number of ketones is 1. The summed E-state index contributed by atoms with van der Waals surface area (Å²) in [4.78, 5) is 26.5. The van der Waals surface area contributed by atoms with Crippen LogP contribution in [-0.4, -0.2) is 11.8 Å². The van der Waals surface area contributed by atoms with Crippen LogP contribution in [0.5, 0.6) is 0 Å². The van der Waals surface area contributed by atoms with Crippen molar-refractivity contribution in [3.8, 4) is 0 Å². The fourth-order valence-electron chi connectivity index (χ4n) is 4.53. The van der Waals surface area contributed by atoms with Crippen molar-refractivity contribution in [1.82, 2.24) is 5.32 Å². The molecular formula is C26H26ClNO3. The predicted octanol–water partition coefficient (Wildman–Crippen LogP) is 5.69. The lowest BCUT2D eigenvalue weighted by Crippen LogP contribution is -2.38. The number of carbonyl (C=O) groups excluding carboxylic acids is 2. The number of dihydropyridines is 1. The van der Waals surface area contributed by atoms with Crippen molar-refractivity contribution in [3.05, 3.63) is 93.3 Å². The fourth-order valence-corrected chi connectivity index (χ4v) is 4.73. The van der Waals surface area contributed by atoms with E-state index in [0.717, 1.165) is 23.2 Å². The maximum Gasteiger partial charge on any atom is 0.337 e. The number of halogens is 1. The molecule has 2 aromatic carbocycles. The molecular weight excluding hydrogens is 410 g/mol. The van der Waals surface area contributed by atoms with E-state index < -0.39 is 11.9 Å². The zero-order valence-corrected chi connectivity index (χ0v) is 18.8. The van der Waals surface area contributed by atoms with Gasteiger partial charge in [0.25, 0.3) is 0 Å². The molecule has 2 aliphatic rings. The molecule has 1 heterocycles. The van der Waals surface area contributed by atoms with E-state index in [9.17, 15) is 9.59 Å². The summed E-state index contributed by atoms with van der Waals surface area (Å²) in [5.41, 5.74) is 4.32. The van der Waals surface area contributed by atoms with E-state index in [1.807, 2.05) is 55.5 Å². The van der Waals surface area contributed by atoms with Gasteiger partial charge >= 0.3 is 5.97 Å². The summed E-state index contributed by atoms with van der Waals surface area (Å²) in [5.74, 6) is -0.866. The Morgan fingerprint density at radius 2 is 1.87 bits per heavy atom. The molecule has 1 aliphatic carbocycles. The maximum absolute atomic E-state index is 13.3. The number of esters is 1. The van der Waals surface area contributed by atoms with Crippen molar-refractivity contribution < 1.29 is 14.3 Å². The van der Waals surface area contributed by atoms with Crippen LogP contribution in [0.15, 0.2) is 77.1 Å². The molecule has 0 fully saturated rings. The van der Waals surface area contributed by atoms with Crippen LogP contribution in [0.25, 0.3) is 0 Å². The number of hydrogen-bond donors (Lipinski definition) is 1. The summed E-state index contributed by atoms with van der Waals surface area (Å²) < 4.78 is 5.67. The zero-order valence-electron chi connectivity index (χ0n) is 18.0. The van der Waals surface area contributed by atoms with E-state index >= 15 is 0 Å². The Bertz CT molecular complexity index is 1100. The third kappa shape index (κ3) is 4.45. The number of rotatable bonds is 4. The standard InChI is InChI=1S/C26H26ClNO3/c1-16-22(25(30)31-15-17-8-5-4-6-9-17)23(18-10-7-11-19(27)12-18)24-20(28-16)13-26(2,3)14-21(24)29/h4-12,23,28H,13-15H2,1-3H3/t23-/m0/s1. The minimum absolute atomic E-state index is 0.0598. The van der Waals surface area contributed by atoms with Gasteiger partial charge in [0.2, 0.25) is 0 Å². The summed E-state index contributed by atoms with van der Waals surface area (Å²) in [7, 11) is 0. The molecule has 0 saturated carbocycles. The normalized spacial score (nSPS) is 20.3. The second-order valence-electron chi connectivity index (χ2n) is 9.05. The summed E-state index contributed by atoms with van der Waals surface area (Å²) in [6.45, 7) is 6.22. The zero-order chi connectivity index (χ0) is 22.2. The highest BCUT2D eigenvalue weighted by Crippen LogP contribution is 2.47. The van der Waals surface area contributed by atoms with Gasteiger partial charge in [0.05, 0.1) is 5.57 Å². The Hall–Kier alpha value is -2.85. The van der Waals surface area contributed by atoms with Crippen molar-refractivity contribution in [1.29, 1.82) is 0 Å². The molecule has 0 amide bonds. The Morgan fingerprint density at radius 3 is 2.58 bits per heavy atom. The van der Waals surface area contributed by atoms with E-state index in [0.29, 0.717) is 28.3 Å². The van der Waals surface area contributed by atoms with Gasteiger partial charge in [0.1, 0.15) is 6.61 Å². The van der Waals surface area contributed by atoms with Gasteiger partial charge in [-0.25, -0.2) is 4.79 Å². The smallest absolute Gasteiger partial charge is 0.337 e. The molecule has 2 aromatic rings. The molecule has 4 rings (SSSR count). The summed E-state index contributed by atoms with van der Waals surface area (Å²) in [5, 5.41) is 3.92. The van der Waals surface area contributed by atoms with E-state index in [-0.39, 0.29) is 17.8 Å². The van der Waals surface area contributed by atoms with Gasteiger partial charge in [-0.3, -0.25) is 4.79 Å². The Balaban J connectivity index is 1.74. The van der Waals surface area contributed by atoms with Crippen molar-refractivity contribution in [2.45, 2.75) is 46.1 Å². The van der Waals surface area contributed by atoms with Crippen LogP contribution in [0.3, 0.4) is 0 Å². The minimum atomic E-state index is -0.498. The highest BCUT2D eigenvalue weighted by Gasteiger charge is 2.43. The van der Waals surface area contributed by atoms with Crippen LogP contribution < -0.4 is 5.32 Å². The van der Waals surface area contributed by atoms with Crippen LogP contribution in [0.2, 0.25) is 5.02 Å². The van der Waals surface area contributed by atoms with Gasteiger partial charge < -0.3 is 10.1 Å². The first-order valence-corrected chi connectivity index (χ1v) is 10.8. The van der Waals surface area contributed by atoms with Crippen LogP contribution in [0.1, 0.15) is 50.7 Å². The molecule has 1 atom stereocenters. The molecule has 1 aliphatic heterocycles. The van der Waals surface area contributed by atoms with Crippen LogP contribution in [0, 0.1) is 5.41 Å². The topological polar surface area (TPSA) is 55.4 Å². The Kier molecular flexibility index (Phi) is 5.76. The Morgan fingerprint density at radius 1 is 1.13 bits per heavy atom. The molecule has 0 saturated heterocycles. The third-order valence-electron chi connectivity index (χ3n) is 5.85. The lowest BCUT2D eigenvalue weighted by atomic mass is 9.68. The monoisotopic (exact) mass is 435 g/mol. The van der Waals surface area contributed by atoms with Crippen LogP contribution >= 0.6 is 11.6 Å². The van der Waals surface area contributed by atoms with Crippen molar-refractivity contribution in [3.63, 3.8) is 0 Å². The van der Waals surface area contributed by atoms with E-state index in [1.54, 1.807) is 6.07 Å². The molecule has 0 unspecified atom stereocenters. The van der Waals surface area contributed by atoms with E-state index in [1.165, 1.54) is 0 Å². The number of Topliss-reactive ketones (excluding diaryl/α,β-unsaturated/α-hetero) is 1. The average Bonchev–Trinajstić information content (AvgIpc) is 2.71. The van der Waals surface area contributed by atoms with Crippen molar-refractivity contribution >= 4 is 23.4 Å². The largest absolute Gasteiger partial charge is 0.457 e. The Labute approximate surface area is 187 Å². The van der Waals surface area contributed by atoms with Crippen molar-refractivity contribution in [2.24, 2.45) is 5.41 Å². The molecule has 1 N–H and O–H groups in total. The highest BCUT2D eigenvalue weighted by molar-refractivity contribution is 6.30. The fraction of sp³-hybridized carbons (Fsp3) is 0.308. The van der Waals surface area contributed by atoms with E-state index in [2.05, 4.69) is 19.2 Å². The highest BCUT2D eigenvalue weighted by atomic mass is 35.5. The molecule has 31 heavy (non-hydrogen) atoms. The maximum atomic E-state index is 13.3. The molecule has 5 heteroatoms. The second-order valence-corrected chi connectivity index (χ2v) is 9.48. The number of allylic oxidation sites excluding steroid dienone is 3. The van der Waals surface area contributed by atoms with Crippen molar-refractivity contribution in [2.75, 3.05) is 0 Å². The molecule has 0 aromatic heterocycles. The van der Waals surface area contributed by atoms with E-state index in [4.69, 9.17) is 16.3 Å². The summed E-state index contributed by atoms with van der Waals surface area (Å²) in [6, 6.07) is 16.9. The molecule has 0 spiro atoms. The quantitative estimate of drug-likeness (QED) is 0.627. The molecule has 160 valence electrons. The third-order valence-corrected chi connectivity index (χ3v) is 6.09. The van der Waals surface area contributed by atoms with Gasteiger partial charge in [-0.15, -0.1) is 0 Å². The van der Waals surface area contributed by atoms with Gasteiger partial charge in [-0.05, 0) is 42.0 Å². The molecule has 4 nitrogen and oxygen atoms in total. The lowest BCUT2D eigenvalue weighted by molar-refractivity contribution is -0.140.